The highest BCUT2D eigenvalue weighted by molar-refractivity contribution is 7.89. The van der Waals surface area contributed by atoms with Crippen LogP contribution < -0.4 is 0 Å². The second-order valence-electron chi connectivity index (χ2n) is 11.4. The Kier molecular flexibility index (Phi) is 6.95. The molecule has 0 aliphatic carbocycles. The molecule has 1 unspecified atom stereocenters. The van der Waals surface area contributed by atoms with Gasteiger partial charge in [0.2, 0.25) is 10.0 Å². The van der Waals surface area contributed by atoms with E-state index in [2.05, 4.69) is 0 Å². The van der Waals surface area contributed by atoms with E-state index in [1.165, 1.54) is 24.3 Å². The molecule has 204 valence electrons. The molecule has 39 heavy (non-hydrogen) atoms. The summed E-state index contributed by atoms with van der Waals surface area (Å²) in [5.41, 5.74) is 0.188. The van der Waals surface area contributed by atoms with Gasteiger partial charge in [0.05, 0.1) is 21.0 Å². The quantitative estimate of drug-likeness (QED) is 0.222. The molecule has 0 spiro atoms. The Balaban J connectivity index is 1.59. The molecular formula is C29H33BN2O6S. The molecule has 0 aromatic heterocycles. The number of nitrogens with zero attached hydrogens (tertiary/aromatic N) is 2. The normalized spacial score (nSPS) is 22.2. The van der Waals surface area contributed by atoms with Gasteiger partial charge in [0.25, 0.3) is 5.69 Å². The summed E-state index contributed by atoms with van der Waals surface area (Å²) in [5, 5.41) is 11.2. The van der Waals surface area contributed by atoms with Crippen LogP contribution in [0.2, 0.25) is 6.32 Å². The third-order valence-corrected chi connectivity index (χ3v) is 10.4. The molecule has 2 aliphatic rings. The number of nitro groups is 1. The molecule has 3 aromatic rings. The summed E-state index contributed by atoms with van der Waals surface area (Å²) in [6.07, 6.45) is 0.873. The van der Waals surface area contributed by atoms with Gasteiger partial charge in [0.15, 0.2) is 0 Å². The summed E-state index contributed by atoms with van der Waals surface area (Å²) >= 11 is 0. The Morgan fingerprint density at radius 1 is 0.872 bits per heavy atom. The third kappa shape index (κ3) is 4.91. The first-order chi connectivity index (χ1) is 18.4. The topological polar surface area (TPSA) is 99.0 Å². The van der Waals surface area contributed by atoms with Crippen LogP contribution in [0.4, 0.5) is 5.69 Å². The Labute approximate surface area is 230 Å². The van der Waals surface area contributed by atoms with Gasteiger partial charge in [-0.25, -0.2) is 8.42 Å². The van der Waals surface area contributed by atoms with Crippen LogP contribution in [0.1, 0.15) is 45.2 Å². The van der Waals surface area contributed by atoms with Crippen molar-refractivity contribution in [2.75, 3.05) is 6.54 Å². The van der Waals surface area contributed by atoms with Crippen molar-refractivity contribution in [3.63, 3.8) is 0 Å². The van der Waals surface area contributed by atoms with Crippen molar-refractivity contribution in [1.29, 1.82) is 0 Å². The summed E-state index contributed by atoms with van der Waals surface area (Å²) in [4.78, 5) is 10.7. The van der Waals surface area contributed by atoms with E-state index in [1.54, 1.807) is 4.31 Å². The Hall–Kier alpha value is -3.05. The standard InChI is InChI=1S/C29H33BN2O6S/c1-27(2)28(3,4)38-30(37-27)20-25-19-29(22-11-7-5-8-12-22,23-13-9-6-10-14-23)21-31(25)39(35,36)26-17-15-24(16-18-26)32(33)34/h5-18,25H,19-21H2,1-4H3. The van der Waals surface area contributed by atoms with E-state index in [9.17, 15) is 18.5 Å². The number of benzene rings is 3. The van der Waals surface area contributed by atoms with Gasteiger partial charge in [0.1, 0.15) is 0 Å². The zero-order valence-corrected chi connectivity index (χ0v) is 23.4. The van der Waals surface area contributed by atoms with Crippen molar-refractivity contribution < 1.29 is 22.6 Å². The molecule has 0 N–H and O–H groups in total. The van der Waals surface area contributed by atoms with Crippen molar-refractivity contribution in [2.45, 2.75) is 68.0 Å². The minimum atomic E-state index is -4.02. The molecule has 1 atom stereocenters. The lowest BCUT2D eigenvalue weighted by atomic mass is 9.70. The van der Waals surface area contributed by atoms with Gasteiger partial charge in [-0.1, -0.05) is 60.7 Å². The first-order valence-corrected chi connectivity index (χ1v) is 14.5. The molecule has 2 heterocycles. The largest absolute Gasteiger partial charge is 0.459 e. The molecular weight excluding hydrogens is 515 g/mol. The summed E-state index contributed by atoms with van der Waals surface area (Å²) < 4.78 is 42.5. The molecule has 10 heteroatoms. The van der Waals surface area contributed by atoms with Crippen molar-refractivity contribution in [2.24, 2.45) is 0 Å². The van der Waals surface area contributed by atoms with E-state index in [0.717, 1.165) is 11.1 Å². The lowest BCUT2D eigenvalue weighted by Crippen LogP contribution is -2.41. The molecule has 0 bridgehead atoms. The highest BCUT2D eigenvalue weighted by Gasteiger charge is 2.56. The van der Waals surface area contributed by atoms with Crippen LogP contribution in [0.25, 0.3) is 0 Å². The van der Waals surface area contributed by atoms with E-state index in [1.807, 2.05) is 88.4 Å². The van der Waals surface area contributed by atoms with Gasteiger partial charge in [-0.05, 0) is 63.7 Å². The molecule has 2 fully saturated rings. The Morgan fingerprint density at radius 3 is 1.82 bits per heavy atom. The van der Waals surface area contributed by atoms with E-state index < -0.39 is 44.7 Å². The minimum Gasteiger partial charge on any atom is -0.403 e. The number of nitro benzene ring substituents is 1. The van der Waals surface area contributed by atoms with Crippen LogP contribution in [0.15, 0.2) is 89.8 Å². The monoisotopic (exact) mass is 548 g/mol. The molecule has 0 radical (unpaired) electrons. The predicted octanol–water partition coefficient (Wildman–Crippen LogP) is 5.44. The highest BCUT2D eigenvalue weighted by Crippen LogP contribution is 2.48. The van der Waals surface area contributed by atoms with E-state index in [-0.39, 0.29) is 17.1 Å². The minimum absolute atomic E-state index is 0.0175. The Bertz CT molecular complexity index is 1390. The predicted molar refractivity (Wildman–Crippen MR) is 150 cm³/mol. The molecule has 8 nitrogen and oxygen atoms in total. The van der Waals surface area contributed by atoms with Gasteiger partial charge in [-0.2, -0.15) is 4.31 Å². The van der Waals surface area contributed by atoms with Gasteiger partial charge in [0, 0.05) is 30.1 Å². The summed E-state index contributed by atoms with van der Waals surface area (Å²) in [6, 6.07) is 24.6. The lowest BCUT2D eigenvalue weighted by molar-refractivity contribution is -0.384. The third-order valence-electron chi connectivity index (χ3n) is 8.49. The second kappa shape index (κ2) is 9.85. The molecule has 0 amide bonds. The number of hydrogen-bond donors (Lipinski definition) is 0. The maximum absolute atomic E-state index is 14.2. The summed E-state index contributed by atoms with van der Waals surface area (Å²) in [6.45, 7) is 8.12. The molecule has 0 saturated carbocycles. The fourth-order valence-electron chi connectivity index (χ4n) is 5.70. The molecule has 2 aliphatic heterocycles. The molecule has 2 saturated heterocycles. The van der Waals surface area contributed by atoms with Crippen LogP contribution in [-0.4, -0.2) is 48.6 Å². The van der Waals surface area contributed by atoms with Crippen LogP contribution in [0.5, 0.6) is 0 Å². The van der Waals surface area contributed by atoms with Crippen LogP contribution in [0.3, 0.4) is 0 Å². The van der Waals surface area contributed by atoms with E-state index in [0.29, 0.717) is 12.7 Å². The summed E-state index contributed by atoms with van der Waals surface area (Å²) in [7, 11) is -4.60. The fourth-order valence-corrected chi connectivity index (χ4v) is 7.40. The maximum atomic E-state index is 14.2. The van der Waals surface area contributed by atoms with Crippen molar-refractivity contribution in [3.8, 4) is 0 Å². The van der Waals surface area contributed by atoms with Crippen molar-refractivity contribution in [3.05, 3.63) is 106 Å². The van der Waals surface area contributed by atoms with Gasteiger partial charge >= 0.3 is 7.12 Å². The van der Waals surface area contributed by atoms with Crippen molar-refractivity contribution in [1.82, 2.24) is 4.31 Å². The van der Waals surface area contributed by atoms with Crippen molar-refractivity contribution >= 4 is 22.8 Å². The lowest BCUT2D eigenvalue weighted by Gasteiger charge is -2.32. The zero-order chi connectivity index (χ0) is 28.1. The molecule has 5 rings (SSSR count). The van der Waals surface area contributed by atoms with Crippen LogP contribution in [-0.2, 0) is 24.7 Å². The highest BCUT2D eigenvalue weighted by atomic mass is 32.2. The smallest absolute Gasteiger partial charge is 0.403 e. The first-order valence-electron chi connectivity index (χ1n) is 13.1. The van der Waals surface area contributed by atoms with Gasteiger partial charge < -0.3 is 9.31 Å². The zero-order valence-electron chi connectivity index (χ0n) is 22.6. The number of hydrogen-bond acceptors (Lipinski definition) is 6. The fraction of sp³-hybridized carbons (Fsp3) is 0.379. The second-order valence-corrected chi connectivity index (χ2v) is 13.3. The summed E-state index contributed by atoms with van der Waals surface area (Å²) in [5.74, 6) is 0. The average molecular weight is 548 g/mol. The SMILES string of the molecule is CC1(C)OB(CC2CC(c3ccccc3)(c3ccccc3)CN2S(=O)(=O)c2ccc([N+](=O)[O-])cc2)OC1(C)C. The number of sulfonamides is 1. The average Bonchev–Trinajstić information content (AvgIpc) is 3.39. The first kappa shape index (κ1) is 27.5. The van der Waals surface area contributed by atoms with Crippen LogP contribution in [0, 0.1) is 10.1 Å². The van der Waals surface area contributed by atoms with Crippen LogP contribution >= 0.6 is 0 Å². The van der Waals surface area contributed by atoms with E-state index >= 15 is 0 Å². The molecule has 3 aromatic carbocycles. The maximum Gasteiger partial charge on any atom is 0.459 e. The number of non-ortho nitro benzene ring substituents is 1. The Morgan fingerprint density at radius 2 is 1.36 bits per heavy atom. The van der Waals surface area contributed by atoms with Gasteiger partial charge in [-0.15, -0.1) is 0 Å². The van der Waals surface area contributed by atoms with Gasteiger partial charge in [-0.3, -0.25) is 10.1 Å². The van der Waals surface area contributed by atoms with E-state index in [4.69, 9.17) is 9.31 Å². The number of rotatable bonds is 7.